The molecule has 18 heavy (non-hydrogen) atoms. The number of ether oxygens (including phenoxy) is 1. The first-order chi connectivity index (χ1) is 8.83. The molecular weight excluding hydrogens is 224 g/mol. The summed E-state index contributed by atoms with van der Waals surface area (Å²) in [6, 6.07) is 9.92. The highest BCUT2D eigenvalue weighted by Crippen LogP contribution is 2.47. The summed E-state index contributed by atoms with van der Waals surface area (Å²) in [7, 11) is 0. The van der Waals surface area contributed by atoms with Gasteiger partial charge in [0.15, 0.2) is 0 Å². The Balaban J connectivity index is 1.50. The SMILES string of the molecule is O=C(OCc1ccccc1)C1CC2CCCC2C1. The van der Waals surface area contributed by atoms with Gasteiger partial charge in [0.05, 0.1) is 5.92 Å². The molecule has 0 aliphatic heterocycles. The highest BCUT2D eigenvalue weighted by Gasteiger charge is 2.40. The number of benzene rings is 1. The highest BCUT2D eigenvalue weighted by molar-refractivity contribution is 5.72. The Bertz CT molecular complexity index is 400. The molecule has 2 heteroatoms. The first kappa shape index (κ1) is 11.8. The Kier molecular flexibility index (Phi) is 3.35. The Hall–Kier alpha value is -1.31. The van der Waals surface area contributed by atoms with Crippen molar-refractivity contribution < 1.29 is 9.53 Å². The van der Waals surface area contributed by atoms with E-state index in [9.17, 15) is 4.79 Å². The van der Waals surface area contributed by atoms with Crippen LogP contribution in [0.4, 0.5) is 0 Å². The monoisotopic (exact) mass is 244 g/mol. The summed E-state index contributed by atoms with van der Waals surface area (Å²) in [5, 5.41) is 0. The fraction of sp³-hybridized carbons (Fsp3) is 0.562. The average Bonchev–Trinajstić information content (AvgIpc) is 2.98. The molecule has 2 fully saturated rings. The lowest BCUT2D eigenvalue weighted by molar-refractivity contribution is -0.149. The third-order valence-electron chi connectivity index (χ3n) is 4.55. The average molecular weight is 244 g/mol. The van der Waals surface area contributed by atoms with Gasteiger partial charge in [0.25, 0.3) is 0 Å². The summed E-state index contributed by atoms with van der Waals surface area (Å²) in [6.45, 7) is 0.422. The van der Waals surface area contributed by atoms with E-state index in [4.69, 9.17) is 4.74 Å². The molecular formula is C16H20O2. The van der Waals surface area contributed by atoms with E-state index >= 15 is 0 Å². The largest absolute Gasteiger partial charge is 0.461 e. The van der Waals surface area contributed by atoms with Crippen LogP contribution >= 0.6 is 0 Å². The van der Waals surface area contributed by atoms with Gasteiger partial charge >= 0.3 is 5.97 Å². The molecule has 2 aliphatic rings. The van der Waals surface area contributed by atoms with Crippen molar-refractivity contribution >= 4 is 5.97 Å². The number of fused-ring (bicyclic) bond motifs is 1. The lowest BCUT2D eigenvalue weighted by atomic mass is 10.0. The summed E-state index contributed by atoms with van der Waals surface area (Å²) in [5.74, 6) is 1.80. The molecule has 0 N–H and O–H groups in total. The minimum atomic E-state index is 0.0215. The number of esters is 1. The maximum absolute atomic E-state index is 12.0. The molecule has 0 amide bonds. The van der Waals surface area contributed by atoms with Crippen molar-refractivity contribution in [3.8, 4) is 0 Å². The van der Waals surface area contributed by atoms with Crippen LogP contribution in [0.5, 0.6) is 0 Å². The Morgan fingerprint density at radius 1 is 1.11 bits per heavy atom. The van der Waals surface area contributed by atoms with Gasteiger partial charge < -0.3 is 4.74 Å². The Morgan fingerprint density at radius 2 is 1.78 bits per heavy atom. The van der Waals surface area contributed by atoms with Crippen molar-refractivity contribution in [1.29, 1.82) is 0 Å². The number of carbonyl (C=O) groups is 1. The summed E-state index contributed by atoms with van der Waals surface area (Å²) in [5.41, 5.74) is 1.07. The minimum absolute atomic E-state index is 0.0215. The molecule has 1 aromatic rings. The topological polar surface area (TPSA) is 26.3 Å². The second kappa shape index (κ2) is 5.13. The molecule has 2 nitrogen and oxygen atoms in total. The van der Waals surface area contributed by atoms with E-state index in [1.807, 2.05) is 30.3 Å². The fourth-order valence-electron chi connectivity index (χ4n) is 3.60. The molecule has 3 rings (SSSR count). The van der Waals surface area contributed by atoms with E-state index in [0.29, 0.717) is 6.61 Å². The lowest BCUT2D eigenvalue weighted by Gasteiger charge is -2.11. The first-order valence-electron chi connectivity index (χ1n) is 7.03. The van der Waals surface area contributed by atoms with Crippen LogP contribution in [0.1, 0.15) is 37.7 Å². The molecule has 0 spiro atoms. The van der Waals surface area contributed by atoms with Crippen LogP contribution in [-0.4, -0.2) is 5.97 Å². The maximum Gasteiger partial charge on any atom is 0.309 e. The predicted molar refractivity (Wildman–Crippen MR) is 69.8 cm³/mol. The zero-order valence-electron chi connectivity index (χ0n) is 10.7. The van der Waals surface area contributed by atoms with Crippen molar-refractivity contribution in [2.75, 3.05) is 0 Å². The Morgan fingerprint density at radius 3 is 2.44 bits per heavy atom. The quantitative estimate of drug-likeness (QED) is 0.760. The molecule has 2 aliphatic carbocycles. The highest BCUT2D eigenvalue weighted by atomic mass is 16.5. The summed E-state index contributed by atoms with van der Waals surface area (Å²) in [6.07, 6.45) is 6.15. The molecule has 0 heterocycles. The third kappa shape index (κ3) is 2.43. The maximum atomic E-state index is 12.0. The second-order valence-electron chi connectivity index (χ2n) is 5.71. The number of hydrogen-bond donors (Lipinski definition) is 0. The smallest absolute Gasteiger partial charge is 0.309 e. The van der Waals surface area contributed by atoms with Gasteiger partial charge in [-0.25, -0.2) is 0 Å². The van der Waals surface area contributed by atoms with Crippen LogP contribution in [0.25, 0.3) is 0 Å². The van der Waals surface area contributed by atoms with Crippen LogP contribution < -0.4 is 0 Å². The Labute approximate surface area is 108 Å². The number of hydrogen-bond acceptors (Lipinski definition) is 2. The molecule has 0 aromatic heterocycles. The summed E-state index contributed by atoms with van der Waals surface area (Å²) >= 11 is 0. The fourth-order valence-corrected chi connectivity index (χ4v) is 3.60. The van der Waals surface area contributed by atoms with Crippen LogP contribution in [0, 0.1) is 17.8 Å². The van der Waals surface area contributed by atoms with Gasteiger partial charge in [-0.05, 0) is 30.2 Å². The number of rotatable bonds is 3. The lowest BCUT2D eigenvalue weighted by Crippen LogP contribution is -2.15. The molecule has 0 saturated heterocycles. The van der Waals surface area contributed by atoms with Crippen LogP contribution in [0.15, 0.2) is 30.3 Å². The number of carbonyl (C=O) groups excluding carboxylic acids is 1. The van der Waals surface area contributed by atoms with Gasteiger partial charge in [-0.3, -0.25) is 4.79 Å². The van der Waals surface area contributed by atoms with Crippen molar-refractivity contribution in [1.82, 2.24) is 0 Å². The van der Waals surface area contributed by atoms with Gasteiger partial charge in [-0.1, -0.05) is 49.6 Å². The molecule has 1 aromatic carbocycles. The molecule has 96 valence electrons. The van der Waals surface area contributed by atoms with E-state index in [0.717, 1.165) is 30.2 Å². The zero-order valence-corrected chi connectivity index (χ0v) is 10.7. The summed E-state index contributed by atoms with van der Waals surface area (Å²) in [4.78, 5) is 12.0. The van der Waals surface area contributed by atoms with Gasteiger partial charge in [0.1, 0.15) is 6.61 Å². The molecule has 2 unspecified atom stereocenters. The first-order valence-corrected chi connectivity index (χ1v) is 7.03. The van der Waals surface area contributed by atoms with Crippen molar-refractivity contribution in [2.24, 2.45) is 17.8 Å². The van der Waals surface area contributed by atoms with E-state index < -0.39 is 0 Å². The second-order valence-corrected chi connectivity index (χ2v) is 5.71. The zero-order chi connectivity index (χ0) is 12.4. The minimum Gasteiger partial charge on any atom is -0.461 e. The van der Waals surface area contributed by atoms with Gasteiger partial charge in [-0.2, -0.15) is 0 Å². The van der Waals surface area contributed by atoms with Crippen LogP contribution in [0.3, 0.4) is 0 Å². The van der Waals surface area contributed by atoms with Gasteiger partial charge in [-0.15, -0.1) is 0 Å². The van der Waals surface area contributed by atoms with E-state index in [1.54, 1.807) is 0 Å². The van der Waals surface area contributed by atoms with Gasteiger partial charge in [0.2, 0.25) is 0 Å². The van der Waals surface area contributed by atoms with Crippen molar-refractivity contribution in [3.05, 3.63) is 35.9 Å². The van der Waals surface area contributed by atoms with E-state index in [1.165, 1.54) is 19.3 Å². The predicted octanol–water partition coefficient (Wildman–Crippen LogP) is 3.56. The van der Waals surface area contributed by atoms with Crippen LogP contribution in [-0.2, 0) is 16.1 Å². The molecule has 0 radical (unpaired) electrons. The molecule has 2 atom stereocenters. The standard InChI is InChI=1S/C16H20O2/c17-16(18-11-12-5-2-1-3-6-12)15-9-13-7-4-8-14(13)10-15/h1-3,5-6,13-15H,4,7-11H2. The molecule has 2 saturated carbocycles. The third-order valence-corrected chi connectivity index (χ3v) is 4.55. The van der Waals surface area contributed by atoms with E-state index in [2.05, 4.69) is 0 Å². The normalized spacial score (nSPS) is 30.1. The van der Waals surface area contributed by atoms with E-state index in [-0.39, 0.29) is 11.9 Å². The van der Waals surface area contributed by atoms with Crippen molar-refractivity contribution in [3.63, 3.8) is 0 Å². The summed E-state index contributed by atoms with van der Waals surface area (Å²) < 4.78 is 5.44. The van der Waals surface area contributed by atoms with Crippen LogP contribution in [0.2, 0.25) is 0 Å². The van der Waals surface area contributed by atoms with Gasteiger partial charge in [0, 0.05) is 0 Å². The van der Waals surface area contributed by atoms with Crippen molar-refractivity contribution in [2.45, 2.75) is 38.7 Å². The molecule has 0 bridgehead atoms.